The first-order valence-corrected chi connectivity index (χ1v) is 8.70. The number of nitrogens with one attached hydrogen (secondary N) is 2. The summed E-state index contributed by atoms with van der Waals surface area (Å²) >= 11 is 0. The van der Waals surface area contributed by atoms with Gasteiger partial charge in [-0.1, -0.05) is 13.8 Å². The van der Waals surface area contributed by atoms with Gasteiger partial charge in [0, 0.05) is 18.1 Å². The van der Waals surface area contributed by atoms with E-state index >= 15 is 0 Å². The minimum atomic E-state index is -3.14. The van der Waals surface area contributed by atoms with Crippen molar-refractivity contribution in [1.29, 1.82) is 0 Å². The van der Waals surface area contributed by atoms with Crippen LogP contribution in [0.3, 0.4) is 0 Å². The Balaban J connectivity index is 2.41. The van der Waals surface area contributed by atoms with Crippen molar-refractivity contribution < 1.29 is 8.42 Å². The zero-order chi connectivity index (χ0) is 14.0. The summed E-state index contributed by atoms with van der Waals surface area (Å²) in [5.41, 5.74) is -0.431. The predicted octanol–water partition coefficient (Wildman–Crippen LogP) is 1.73. The number of hydrogen-bond acceptors (Lipinski definition) is 3. The van der Waals surface area contributed by atoms with Gasteiger partial charge in [0.1, 0.15) is 0 Å². The molecule has 0 amide bonds. The summed E-state index contributed by atoms with van der Waals surface area (Å²) in [7, 11) is -3.14. The van der Waals surface area contributed by atoms with Crippen LogP contribution in [0.15, 0.2) is 0 Å². The monoisotopic (exact) mass is 276 g/mol. The molecule has 5 heteroatoms. The van der Waals surface area contributed by atoms with Gasteiger partial charge in [0.2, 0.25) is 10.0 Å². The molecule has 0 saturated heterocycles. The van der Waals surface area contributed by atoms with Crippen molar-refractivity contribution in [2.24, 2.45) is 11.8 Å². The van der Waals surface area contributed by atoms with Crippen molar-refractivity contribution in [3.63, 3.8) is 0 Å². The quantitative estimate of drug-likeness (QED) is 0.804. The molecule has 0 aromatic carbocycles. The number of sulfonamides is 1. The summed E-state index contributed by atoms with van der Waals surface area (Å²) < 4.78 is 25.2. The van der Waals surface area contributed by atoms with E-state index < -0.39 is 15.6 Å². The maximum Gasteiger partial charge on any atom is 0.209 e. The lowest BCUT2D eigenvalue weighted by atomic mass is 9.79. The molecule has 18 heavy (non-hydrogen) atoms. The molecule has 1 aliphatic carbocycles. The van der Waals surface area contributed by atoms with Gasteiger partial charge in [0.15, 0.2) is 0 Å². The van der Waals surface area contributed by atoms with E-state index in [4.69, 9.17) is 0 Å². The fourth-order valence-corrected chi connectivity index (χ4v) is 3.75. The van der Waals surface area contributed by atoms with Gasteiger partial charge in [0.05, 0.1) is 6.26 Å². The van der Waals surface area contributed by atoms with E-state index in [1.54, 1.807) is 0 Å². The van der Waals surface area contributed by atoms with Crippen LogP contribution in [0.4, 0.5) is 0 Å². The first-order valence-electron chi connectivity index (χ1n) is 6.81. The van der Waals surface area contributed by atoms with Crippen LogP contribution >= 0.6 is 0 Å². The summed E-state index contributed by atoms with van der Waals surface area (Å²) in [6.45, 7) is 9.12. The molecular formula is C13H28N2O2S. The van der Waals surface area contributed by atoms with E-state index in [-0.39, 0.29) is 0 Å². The van der Waals surface area contributed by atoms with Crippen LogP contribution in [0.2, 0.25) is 0 Å². The van der Waals surface area contributed by atoms with E-state index in [1.165, 1.54) is 25.5 Å². The normalized spacial score (nSPS) is 30.4. The summed E-state index contributed by atoms with van der Waals surface area (Å²) in [5.74, 6) is 1.56. The molecule has 2 N–H and O–H groups in total. The highest BCUT2D eigenvalue weighted by molar-refractivity contribution is 7.88. The molecule has 108 valence electrons. The van der Waals surface area contributed by atoms with Gasteiger partial charge >= 0.3 is 0 Å². The Morgan fingerprint density at radius 2 is 1.78 bits per heavy atom. The van der Waals surface area contributed by atoms with Crippen LogP contribution in [0.25, 0.3) is 0 Å². The fourth-order valence-electron chi connectivity index (χ4n) is 2.67. The first-order chi connectivity index (χ1) is 8.09. The highest BCUT2D eigenvalue weighted by atomic mass is 32.2. The minimum Gasteiger partial charge on any atom is -0.312 e. The SMILES string of the molecule is CC1CCC(NCC(C)(C)NS(C)(=O)=O)CC1C. The van der Waals surface area contributed by atoms with Crippen LogP contribution in [0.1, 0.15) is 47.0 Å². The summed E-state index contributed by atoms with van der Waals surface area (Å²) in [5, 5.41) is 3.51. The van der Waals surface area contributed by atoms with Crippen molar-refractivity contribution in [2.75, 3.05) is 12.8 Å². The standard InChI is InChI=1S/C13H28N2O2S/c1-10-6-7-12(8-11(10)2)14-9-13(3,4)15-18(5,16)17/h10-12,14-15H,6-9H2,1-5H3. The second-order valence-corrected chi connectivity index (χ2v) is 8.35. The maximum atomic E-state index is 11.3. The number of hydrogen-bond donors (Lipinski definition) is 2. The number of rotatable bonds is 5. The fraction of sp³-hybridized carbons (Fsp3) is 1.00. The Morgan fingerprint density at radius 3 is 2.28 bits per heavy atom. The molecule has 3 atom stereocenters. The molecule has 0 aliphatic heterocycles. The smallest absolute Gasteiger partial charge is 0.209 e. The summed E-state index contributed by atoms with van der Waals surface area (Å²) in [6.07, 6.45) is 4.86. The molecule has 1 rings (SSSR count). The highest BCUT2D eigenvalue weighted by Crippen LogP contribution is 2.29. The van der Waals surface area contributed by atoms with Gasteiger partial charge in [-0.25, -0.2) is 13.1 Å². The molecule has 1 fully saturated rings. The lowest BCUT2D eigenvalue weighted by Gasteiger charge is -2.35. The molecule has 0 aromatic heterocycles. The van der Waals surface area contributed by atoms with Crippen molar-refractivity contribution in [3.05, 3.63) is 0 Å². The van der Waals surface area contributed by atoms with Crippen LogP contribution in [-0.4, -0.2) is 32.8 Å². The second-order valence-electron chi connectivity index (χ2n) is 6.60. The van der Waals surface area contributed by atoms with E-state index in [1.807, 2.05) is 13.8 Å². The molecular weight excluding hydrogens is 248 g/mol. The Morgan fingerprint density at radius 1 is 1.17 bits per heavy atom. The molecule has 1 aliphatic rings. The molecule has 0 aromatic rings. The second kappa shape index (κ2) is 5.88. The minimum absolute atomic E-state index is 0.431. The van der Waals surface area contributed by atoms with Crippen molar-refractivity contribution in [3.8, 4) is 0 Å². The van der Waals surface area contributed by atoms with Gasteiger partial charge in [-0.2, -0.15) is 0 Å². The Kier molecular flexibility index (Phi) is 5.21. The van der Waals surface area contributed by atoms with Crippen molar-refractivity contribution in [2.45, 2.75) is 58.5 Å². The Labute approximate surface area is 112 Å². The summed E-state index contributed by atoms with van der Waals surface area (Å²) in [6, 6.07) is 0.525. The van der Waals surface area contributed by atoms with Gasteiger partial charge in [-0.15, -0.1) is 0 Å². The topological polar surface area (TPSA) is 58.2 Å². The van der Waals surface area contributed by atoms with Crippen LogP contribution in [0, 0.1) is 11.8 Å². The molecule has 0 heterocycles. The average Bonchev–Trinajstić information content (AvgIpc) is 2.16. The van der Waals surface area contributed by atoms with Gasteiger partial charge < -0.3 is 5.32 Å². The van der Waals surface area contributed by atoms with Crippen LogP contribution in [0.5, 0.6) is 0 Å². The lowest BCUT2D eigenvalue weighted by Crippen LogP contribution is -2.52. The zero-order valence-electron chi connectivity index (χ0n) is 12.3. The third-order valence-corrected chi connectivity index (χ3v) is 4.82. The highest BCUT2D eigenvalue weighted by Gasteiger charge is 2.27. The zero-order valence-corrected chi connectivity index (χ0v) is 13.1. The molecule has 4 nitrogen and oxygen atoms in total. The van der Waals surface area contributed by atoms with Gasteiger partial charge in [-0.3, -0.25) is 0 Å². The van der Waals surface area contributed by atoms with E-state index in [9.17, 15) is 8.42 Å². The first kappa shape index (κ1) is 15.9. The summed E-state index contributed by atoms with van der Waals surface area (Å²) in [4.78, 5) is 0. The van der Waals surface area contributed by atoms with Crippen molar-refractivity contribution >= 4 is 10.0 Å². The van der Waals surface area contributed by atoms with Crippen LogP contribution in [-0.2, 0) is 10.0 Å². The predicted molar refractivity (Wildman–Crippen MR) is 76.0 cm³/mol. The molecule has 0 bridgehead atoms. The van der Waals surface area contributed by atoms with Gasteiger partial charge in [-0.05, 0) is 44.9 Å². The molecule has 3 unspecified atom stereocenters. The van der Waals surface area contributed by atoms with E-state index in [2.05, 4.69) is 23.9 Å². The molecule has 0 spiro atoms. The van der Waals surface area contributed by atoms with Gasteiger partial charge in [0.25, 0.3) is 0 Å². The van der Waals surface area contributed by atoms with Crippen molar-refractivity contribution in [1.82, 2.24) is 10.0 Å². The Bertz CT molecular complexity index is 365. The lowest BCUT2D eigenvalue weighted by molar-refractivity contribution is 0.218. The third-order valence-electron chi connectivity index (χ3n) is 3.89. The average molecular weight is 276 g/mol. The maximum absolute atomic E-state index is 11.3. The van der Waals surface area contributed by atoms with Crippen LogP contribution < -0.4 is 10.0 Å². The largest absolute Gasteiger partial charge is 0.312 e. The van der Waals surface area contributed by atoms with E-state index in [0.717, 1.165) is 11.8 Å². The van der Waals surface area contributed by atoms with E-state index in [0.29, 0.717) is 12.6 Å². The molecule has 1 saturated carbocycles. The molecule has 0 radical (unpaired) electrons. The Hall–Kier alpha value is -0.130. The third kappa shape index (κ3) is 5.67.